The second-order valence-electron chi connectivity index (χ2n) is 7.68. The number of ether oxygens (including phenoxy) is 1. The van der Waals surface area contributed by atoms with Crippen LogP contribution in [0.25, 0.3) is 11.0 Å². The number of nitrogens with one attached hydrogen (secondary N) is 1. The highest BCUT2D eigenvalue weighted by Gasteiger charge is 2.39. The zero-order chi connectivity index (χ0) is 17.0. The average Bonchev–Trinajstić information content (AvgIpc) is 3.16. The molecule has 0 saturated carbocycles. The summed E-state index contributed by atoms with van der Waals surface area (Å²) in [5.41, 5.74) is 2.02. The van der Waals surface area contributed by atoms with Crippen LogP contribution >= 0.6 is 0 Å². The molecule has 5 rings (SSSR count). The van der Waals surface area contributed by atoms with Gasteiger partial charge in [0.05, 0.1) is 48.7 Å². The number of nitrogens with zero attached hydrogens (tertiary/aromatic N) is 4. The second-order valence-corrected chi connectivity index (χ2v) is 7.68. The van der Waals surface area contributed by atoms with E-state index in [0.717, 1.165) is 49.5 Å². The van der Waals surface area contributed by atoms with Crippen LogP contribution in [0.3, 0.4) is 0 Å². The number of H-pyrrole nitrogens is 1. The molecule has 2 N–H and O–H groups in total. The molecule has 0 amide bonds. The van der Waals surface area contributed by atoms with Crippen molar-refractivity contribution in [2.45, 2.75) is 56.8 Å². The molecule has 5 heterocycles. The Kier molecular flexibility index (Phi) is 3.60. The van der Waals surface area contributed by atoms with Crippen molar-refractivity contribution in [3.63, 3.8) is 0 Å². The Labute approximate surface area is 147 Å². The predicted octanol–water partition coefficient (Wildman–Crippen LogP) is 1.68. The van der Waals surface area contributed by atoms with Crippen molar-refractivity contribution < 1.29 is 9.84 Å². The van der Waals surface area contributed by atoms with E-state index in [1.165, 1.54) is 18.5 Å². The van der Waals surface area contributed by atoms with Crippen LogP contribution in [0.15, 0.2) is 12.3 Å². The molecule has 2 bridgehead atoms. The van der Waals surface area contributed by atoms with Crippen molar-refractivity contribution in [2.24, 2.45) is 0 Å². The van der Waals surface area contributed by atoms with Gasteiger partial charge in [-0.25, -0.2) is 4.98 Å². The third-order valence-electron chi connectivity index (χ3n) is 6.05. The monoisotopic (exact) mass is 343 g/mol. The molecule has 7 nitrogen and oxygen atoms in total. The van der Waals surface area contributed by atoms with Gasteiger partial charge >= 0.3 is 0 Å². The van der Waals surface area contributed by atoms with Gasteiger partial charge in [-0.05, 0) is 32.6 Å². The molecule has 3 aliphatic heterocycles. The molecule has 0 radical (unpaired) electrons. The number of rotatable bonds is 2. The summed E-state index contributed by atoms with van der Waals surface area (Å²) >= 11 is 0. The van der Waals surface area contributed by atoms with E-state index in [-0.39, 0.29) is 6.10 Å². The molecule has 3 unspecified atom stereocenters. The molecule has 3 aliphatic rings. The van der Waals surface area contributed by atoms with Crippen LogP contribution < -0.4 is 9.80 Å². The normalized spacial score (nSPS) is 32.6. The van der Waals surface area contributed by atoms with Crippen LogP contribution in [0.5, 0.6) is 0 Å². The van der Waals surface area contributed by atoms with Gasteiger partial charge in [0.2, 0.25) is 0 Å². The molecule has 0 spiro atoms. The van der Waals surface area contributed by atoms with Gasteiger partial charge in [0.15, 0.2) is 5.65 Å². The molecular formula is C18H25N5O2. The van der Waals surface area contributed by atoms with Gasteiger partial charge in [-0.3, -0.25) is 5.10 Å². The molecule has 2 aromatic heterocycles. The summed E-state index contributed by atoms with van der Waals surface area (Å²) in [5, 5.41) is 18.3. The van der Waals surface area contributed by atoms with Crippen LogP contribution in [0.2, 0.25) is 0 Å². The number of aromatic nitrogens is 3. The lowest BCUT2D eigenvalue weighted by molar-refractivity contribution is 0.0902. The lowest BCUT2D eigenvalue weighted by Crippen LogP contribution is -2.46. The fourth-order valence-electron chi connectivity index (χ4n) is 4.78. The van der Waals surface area contributed by atoms with Gasteiger partial charge in [-0.1, -0.05) is 0 Å². The van der Waals surface area contributed by atoms with Crippen molar-refractivity contribution in [3.8, 4) is 0 Å². The highest BCUT2D eigenvalue weighted by Crippen LogP contribution is 2.38. The minimum Gasteiger partial charge on any atom is -0.393 e. The van der Waals surface area contributed by atoms with Gasteiger partial charge in [0, 0.05) is 18.7 Å². The van der Waals surface area contributed by atoms with Crippen LogP contribution in [0.1, 0.15) is 32.6 Å². The highest BCUT2D eigenvalue weighted by atomic mass is 16.5. The van der Waals surface area contributed by atoms with Crippen molar-refractivity contribution in [1.82, 2.24) is 15.2 Å². The van der Waals surface area contributed by atoms with Gasteiger partial charge in [-0.15, -0.1) is 0 Å². The quantitative estimate of drug-likeness (QED) is 0.864. The first-order valence-corrected chi connectivity index (χ1v) is 9.35. The van der Waals surface area contributed by atoms with E-state index >= 15 is 0 Å². The Hall–Kier alpha value is -1.86. The van der Waals surface area contributed by atoms with E-state index in [1.54, 1.807) is 0 Å². The zero-order valence-electron chi connectivity index (χ0n) is 14.6. The summed E-state index contributed by atoms with van der Waals surface area (Å²) < 4.78 is 5.73. The van der Waals surface area contributed by atoms with Crippen LogP contribution in [0, 0.1) is 0 Å². The Balaban J connectivity index is 1.58. The molecular weight excluding hydrogens is 318 g/mol. The molecule has 7 heteroatoms. The summed E-state index contributed by atoms with van der Waals surface area (Å²) in [7, 11) is 0. The average molecular weight is 343 g/mol. The fourth-order valence-corrected chi connectivity index (χ4v) is 4.78. The topological polar surface area (TPSA) is 77.5 Å². The number of aliphatic hydroxyl groups excluding tert-OH is 1. The van der Waals surface area contributed by atoms with E-state index in [4.69, 9.17) is 9.72 Å². The van der Waals surface area contributed by atoms with Crippen LogP contribution in [0.4, 0.5) is 11.5 Å². The summed E-state index contributed by atoms with van der Waals surface area (Å²) in [6, 6.07) is 3.39. The molecule has 0 aromatic carbocycles. The standard InChI is InChI=1S/C18H25N5O2/c1-11-6-14(24)4-5-22(11)16-7-17(20-18-15(16)8-19-21-18)23-12-2-3-13(23)10-25-9-12/h7-8,11-14,24H,2-6,9-10H2,1H3,(H,19,20,21)/t11-,12?,13?,14?/m1/s1. The highest BCUT2D eigenvalue weighted by molar-refractivity contribution is 5.91. The van der Waals surface area contributed by atoms with Gasteiger partial charge in [-0.2, -0.15) is 5.10 Å². The third kappa shape index (κ3) is 2.48. The predicted molar refractivity (Wildman–Crippen MR) is 96.0 cm³/mol. The number of piperidine rings is 1. The van der Waals surface area contributed by atoms with Crippen molar-refractivity contribution in [2.75, 3.05) is 29.6 Å². The maximum atomic E-state index is 9.97. The molecule has 4 atom stereocenters. The van der Waals surface area contributed by atoms with E-state index in [9.17, 15) is 5.11 Å². The number of morpholine rings is 1. The van der Waals surface area contributed by atoms with E-state index in [1.807, 2.05) is 6.20 Å². The smallest absolute Gasteiger partial charge is 0.159 e. The maximum Gasteiger partial charge on any atom is 0.159 e. The molecule has 3 fully saturated rings. The number of anilines is 2. The molecule has 0 aliphatic carbocycles. The fraction of sp³-hybridized carbons (Fsp3) is 0.667. The molecule has 2 aromatic rings. The Morgan fingerprint density at radius 1 is 1.24 bits per heavy atom. The van der Waals surface area contributed by atoms with Crippen LogP contribution in [-0.4, -0.2) is 64.3 Å². The van der Waals surface area contributed by atoms with E-state index in [0.29, 0.717) is 18.1 Å². The largest absolute Gasteiger partial charge is 0.393 e. The minimum atomic E-state index is -0.192. The second kappa shape index (κ2) is 5.85. The summed E-state index contributed by atoms with van der Waals surface area (Å²) in [5.74, 6) is 1.03. The third-order valence-corrected chi connectivity index (χ3v) is 6.05. The van der Waals surface area contributed by atoms with Crippen molar-refractivity contribution in [3.05, 3.63) is 12.3 Å². The summed E-state index contributed by atoms with van der Waals surface area (Å²) in [6.45, 7) is 4.64. The molecule has 3 saturated heterocycles. The summed E-state index contributed by atoms with van der Waals surface area (Å²) in [6.07, 6.45) is 5.64. The van der Waals surface area contributed by atoms with Crippen LogP contribution in [-0.2, 0) is 4.74 Å². The number of aliphatic hydroxyl groups is 1. The maximum absolute atomic E-state index is 9.97. The summed E-state index contributed by atoms with van der Waals surface area (Å²) in [4.78, 5) is 9.73. The van der Waals surface area contributed by atoms with Gasteiger partial charge < -0.3 is 19.6 Å². The van der Waals surface area contributed by atoms with Crippen molar-refractivity contribution in [1.29, 1.82) is 0 Å². The van der Waals surface area contributed by atoms with E-state index in [2.05, 4.69) is 33.0 Å². The first kappa shape index (κ1) is 15.4. The Morgan fingerprint density at radius 2 is 2.04 bits per heavy atom. The molecule has 134 valence electrons. The number of pyridine rings is 1. The van der Waals surface area contributed by atoms with Gasteiger partial charge in [0.25, 0.3) is 0 Å². The van der Waals surface area contributed by atoms with Crippen molar-refractivity contribution >= 4 is 22.5 Å². The van der Waals surface area contributed by atoms with Gasteiger partial charge in [0.1, 0.15) is 5.82 Å². The number of aromatic amines is 1. The number of hydrogen-bond acceptors (Lipinski definition) is 6. The Morgan fingerprint density at radius 3 is 2.80 bits per heavy atom. The lowest BCUT2D eigenvalue weighted by Gasteiger charge is -2.39. The number of hydrogen-bond donors (Lipinski definition) is 2. The minimum absolute atomic E-state index is 0.192. The molecule has 25 heavy (non-hydrogen) atoms. The van der Waals surface area contributed by atoms with E-state index < -0.39 is 0 Å². The zero-order valence-corrected chi connectivity index (χ0v) is 14.6. The first-order valence-electron chi connectivity index (χ1n) is 9.35. The number of fused-ring (bicyclic) bond motifs is 3. The lowest BCUT2D eigenvalue weighted by atomic mass is 9.99. The first-order chi connectivity index (χ1) is 12.2. The SMILES string of the molecule is C[C@@H]1CC(O)CCN1c1cc(N2C3CCC2COC3)nc2[nH]ncc12. The Bertz CT molecular complexity index is 762.